The van der Waals surface area contributed by atoms with Gasteiger partial charge in [-0.1, -0.05) is 31.0 Å². The summed E-state index contributed by atoms with van der Waals surface area (Å²) in [6, 6.07) is 5.49. The molecule has 4 nitrogen and oxygen atoms in total. The maximum absolute atomic E-state index is 11.8. The molecule has 19 heavy (non-hydrogen) atoms. The van der Waals surface area contributed by atoms with Gasteiger partial charge in [-0.05, 0) is 31.9 Å². The van der Waals surface area contributed by atoms with Crippen molar-refractivity contribution in [2.45, 2.75) is 33.6 Å². The molecule has 0 heterocycles. The number of unbranched alkanes of at least 4 members (excludes halogenated alkanes) is 1. The number of ether oxygens (including phenoxy) is 1. The summed E-state index contributed by atoms with van der Waals surface area (Å²) in [5.74, 6) is -0.713. The lowest BCUT2D eigenvalue weighted by Crippen LogP contribution is -2.29. The van der Waals surface area contributed by atoms with Gasteiger partial charge in [-0.25, -0.2) is 4.79 Å². The van der Waals surface area contributed by atoms with Crippen LogP contribution in [0.3, 0.4) is 0 Å². The molecule has 0 aliphatic carbocycles. The second kappa shape index (κ2) is 7.56. The number of carbonyl (C=O) groups is 2. The predicted molar refractivity (Wildman–Crippen MR) is 74.1 cm³/mol. The van der Waals surface area contributed by atoms with Crippen molar-refractivity contribution < 1.29 is 14.3 Å². The predicted octanol–water partition coefficient (Wildman–Crippen LogP) is 2.38. The summed E-state index contributed by atoms with van der Waals surface area (Å²) in [5, 5.41) is 2.70. The fourth-order valence-corrected chi connectivity index (χ4v) is 1.71. The number of carbonyl (C=O) groups excluding carboxylic acids is 2. The van der Waals surface area contributed by atoms with Crippen LogP contribution in [0.1, 0.15) is 41.3 Å². The van der Waals surface area contributed by atoms with Crippen molar-refractivity contribution in [2.75, 3.05) is 13.2 Å². The van der Waals surface area contributed by atoms with Crippen molar-refractivity contribution >= 4 is 11.9 Å². The normalized spacial score (nSPS) is 10.1. The van der Waals surface area contributed by atoms with Gasteiger partial charge in [0, 0.05) is 6.54 Å². The Bertz CT molecular complexity index is 455. The number of rotatable bonds is 6. The molecule has 0 unspecified atom stereocenters. The zero-order valence-corrected chi connectivity index (χ0v) is 11.8. The van der Waals surface area contributed by atoms with E-state index in [9.17, 15) is 9.59 Å². The van der Waals surface area contributed by atoms with E-state index in [0.717, 1.165) is 24.0 Å². The second-order valence-corrected chi connectivity index (χ2v) is 4.60. The molecule has 0 spiro atoms. The Morgan fingerprint density at radius 1 is 1.26 bits per heavy atom. The van der Waals surface area contributed by atoms with Crippen LogP contribution in [0, 0.1) is 13.8 Å². The molecule has 104 valence electrons. The van der Waals surface area contributed by atoms with E-state index in [-0.39, 0.29) is 12.5 Å². The van der Waals surface area contributed by atoms with E-state index in [0.29, 0.717) is 12.1 Å². The summed E-state index contributed by atoms with van der Waals surface area (Å²) < 4.78 is 4.99. The van der Waals surface area contributed by atoms with Crippen LogP contribution < -0.4 is 5.32 Å². The molecule has 4 heteroatoms. The second-order valence-electron chi connectivity index (χ2n) is 4.60. The standard InChI is InChI=1S/C15H21NO3/c1-4-5-8-16-14(17)10-19-15(18)13-7-6-11(2)9-12(13)3/h6-7,9H,4-5,8,10H2,1-3H3,(H,16,17). The topological polar surface area (TPSA) is 55.4 Å². The van der Waals surface area contributed by atoms with Crippen LogP contribution in [0.15, 0.2) is 18.2 Å². The highest BCUT2D eigenvalue weighted by Gasteiger charge is 2.12. The number of aryl methyl sites for hydroxylation is 2. The summed E-state index contributed by atoms with van der Waals surface area (Å²) >= 11 is 0. The molecule has 0 bridgehead atoms. The zero-order valence-electron chi connectivity index (χ0n) is 11.8. The molecule has 0 aromatic heterocycles. The Labute approximate surface area is 114 Å². The molecular formula is C15H21NO3. The van der Waals surface area contributed by atoms with E-state index >= 15 is 0 Å². The van der Waals surface area contributed by atoms with Crippen molar-refractivity contribution in [1.29, 1.82) is 0 Å². The van der Waals surface area contributed by atoms with E-state index in [4.69, 9.17) is 4.74 Å². The van der Waals surface area contributed by atoms with E-state index in [2.05, 4.69) is 5.32 Å². The molecule has 1 aromatic rings. The van der Waals surface area contributed by atoms with Gasteiger partial charge < -0.3 is 10.1 Å². The highest BCUT2D eigenvalue weighted by Crippen LogP contribution is 2.11. The third-order valence-electron chi connectivity index (χ3n) is 2.79. The number of nitrogens with one attached hydrogen (secondary N) is 1. The van der Waals surface area contributed by atoms with Crippen molar-refractivity contribution in [1.82, 2.24) is 5.32 Å². The van der Waals surface area contributed by atoms with Crippen LogP contribution in [-0.4, -0.2) is 25.0 Å². The van der Waals surface area contributed by atoms with Crippen LogP contribution in [0.5, 0.6) is 0 Å². The molecule has 1 rings (SSSR count). The Hall–Kier alpha value is -1.84. The Kier molecular flexibility index (Phi) is 6.06. The highest BCUT2D eigenvalue weighted by atomic mass is 16.5. The fourth-order valence-electron chi connectivity index (χ4n) is 1.71. The summed E-state index contributed by atoms with van der Waals surface area (Å²) in [4.78, 5) is 23.2. The minimum Gasteiger partial charge on any atom is -0.452 e. The maximum Gasteiger partial charge on any atom is 0.338 e. The lowest BCUT2D eigenvalue weighted by atomic mass is 10.1. The van der Waals surface area contributed by atoms with Crippen LogP contribution in [-0.2, 0) is 9.53 Å². The quantitative estimate of drug-likeness (QED) is 0.633. The van der Waals surface area contributed by atoms with Gasteiger partial charge >= 0.3 is 5.97 Å². The molecule has 0 aliphatic rings. The molecule has 0 aliphatic heterocycles. The molecule has 0 saturated heterocycles. The van der Waals surface area contributed by atoms with E-state index < -0.39 is 5.97 Å². The first-order chi connectivity index (χ1) is 9.04. The van der Waals surface area contributed by atoms with Gasteiger partial charge in [0.2, 0.25) is 0 Å². The lowest BCUT2D eigenvalue weighted by molar-refractivity contribution is -0.124. The Morgan fingerprint density at radius 2 is 2.00 bits per heavy atom. The van der Waals surface area contributed by atoms with E-state index in [1.54, 1.807) is 6.07 Å². The van der Waals surface area contributed by atoms with Crippen molar-refractivity contribution in [2.24, 2.45) is 0 Å². The number of esters is 1. The van der Waals surface area contributed by atoms with E-state index in [1.807, 2.05) is 32.9 Å². The highest BCUT2D eigenvalue weighted by molar-refractivity contribution is 5.92. The molecule has 1 amide bonds. The first-order valence-electron chi connectivity index (χ1n) is 6.55. The average molecular weight is 263 g/mol. The first-order valence-corrected chi connectivity index (χ1v) is 6.55. The lowest BCUT2D eigenvalue weighted by Gasteiger charge is -2.08. The molecule has 0 fully saturated rings. The minimum atomic E-state index is -0.455. The molecule has 1 N–H and O–H groups in total. The van der Waals surface area contributed by atoms with Crippen LogP contribution in [0.25, 0.3) is 0 Å². The van der Waals surface area contributed by atoms with Crippen LogP contribution in [0.4, 0.5) is 0 Å². The minimum absolute atomic E-state index is 0.226. The van der Waals surface area contributed by atoms with Crippen molar-refractivity contribution in [3.8, 4) is 0 Å². The Balaban J connectivity index is 2.45. The van der Waals surface area contributed by atoms with Crippen LogP contribution >= 0.6 is 0 Å². The smallest absolute Gasteiger partial charge is 0.338 e. The van der Waals surface area contributed by atoms with Crippen molar-refractivity contribution in [3.63, 3.8) is 0 Å². The van der Waals surface area contributed by atoms with Gasteiger partial charge in [0.25, 0.3) is 5.91 Å². The van der Waals surface area contributed by atoms with Gasteiger partial charge in [-0.3, -0.25) is 4.79 Å². The third kappa shape index (κ3) is 5.12. The van der Waals surface area contributed by atoms with Crippen molar-refractivity contribution in [3.05, 3.63) is 34.9 Å². The largest absolute Gasteiger partial charge is 0.452 e. The summed E-state index contributed by atoms with van der Waals surface area (Å²) in [6.45, 7) is 6.26. The molecular weight excluding hydrogens is 242 g/mol. The monoisotopic (exact) mass is 263 g/mol. The maximum atomic E-state index is 11.8. The number of hydrogen-bond acceptors (Lipinski definition) is 3. The molecule has 0 atom stereocenters. The zero-order chi connectivity index (χ0) is 14.3. The first kappa shape index (κ1) is 15.2. The van der Waals surface area contributed by atoms with Crippen LogP contribution in [0.2, 0.25) is 0 Å². The molecule has 1 aromatic carbocycles. The summed E-state index contributed by atoms with van der Waals surface area (Å²) in [6.07, 6.45) is 1.94. The summed E-state index contributed by atoms with van der Waals surface area (Å²) in [5.41, 5.74) is 2.45. The third-order valence-corrected chi connectivity index (χ3v) is 2.79. The number of hydrogen-bond donors (Lipinski definition) is 1. The van der Waals surface area contributed by atoms with Gasteiger partial charge in [-0.2, -0.15) is 0 Å². The van der Waals surface area contributed by atoms with Gasteiger partial charge in [0.1, 0.15) is 0 Å². The molecule has 0 saturated carbocycles. The summed E-state index contributed by atoms with van der Waals surface area (Å²) in [7, 11) is 0. The average Bonchev–Trinajstić information content (AvgIpc) is 2.36. The molecule has 0 radical (unpaired) electrons. The van der Waals surface area contributed by atoms with Gasteiger partial charge in [0.15, 0.2) is 6.61 Å². The fraction of sp³-hybridized carbons (Fsp3) is 0.467. The van der Waals surface area contributed by atoms with Gasteiger partial charge in [0.05, 0.1) is 5.56 Å². The number of benzene rings is 1. The SMILES string of the molecule is CCCCNC(=O)COC(=O)c1ccc(C)cc1C. The Morgan fingerprint density at radius 3 is 2.63 bits per heavy atom. The van der Waals surface area contributed by atoms with Gasteiger partial charge in [-0.15, -0.1) is 0 Å². The van der Waals surface area contributed by atoms with E-state index in [1.165, 1.54) is 0 Å². The number of amides is 1.